The Balaban J connectivity index is 1.52. The Hall–Kier alpha value is -3.23. The molecule has 0 saturated carbocycles. The molecule has 1 heterocycles. The number of amides is 1. The van der Waals surface area contributed by atoms with E-state index in [0.717, 1.165) is 16.7 Å². The number of nitrogens with one attached hydrogen (secondary N) is 1. The van der Waals surface area contributed by atoms with Gasteiger partial charge in [-0.3, -0.25) is 0 Å². The molecule has 0 unspecified atom stereocenters. The van der Waals surface area contributed by atoms with Gasteiger partial charge in [-0.05, 0) is 37.5 Å². The van der Waals surface area contributed by atoms with E-state index >= 15 is 0 Å². The fourth-order valence-corrected chi connectivity index (χ4v) is 4.40. The Labute approximate surface area is 231 Å². The van der Waals surface area contributed by atoms with Crippen molar-refractivity contribution in [2.75, 3.05) is 13.2 Å². The largest absolute Gasteiger partial charge is 0.444 e. The first-order valence-electron chi connectivity index (χ1n) is 13.4. The van der Waals surface area contributed by atoms with Gasteiger partial charge < -0.3 is 29.0 Å². The minimum Gasteiger partial charge on any atom is -0.444 e. The summed E-state index contributed by atoms with van der Waals surface area (Å²) >= 11 is 0. The molecule has 1 fully saturated rings. The lowest BCUT2D eigenvalue weighted by molar-refractivity contribution is -0.207. The summed E-state index contributed by atoms with van der Waals surface area (Å²) in [4.78, 5) is 12.7. The SMILES string of the molecule is CC(C)(C)OC(=O)N[C@@H]1CO[C@H](COCc2ccccc2)[C@H](OCc2ccccc2)[C@@H]1OCc1ccccc1. The van der Waals surface area contributed by atoms with E-state index in [0.29, 0.717) is 26.4 Å². The van der Waals surface area contributed by atoms with Gasteiger partial charge in [0, 0.05) is 0 Å². The van der Waals surface area contributed by atoms with Crippen LogP contribution in [0, 0.1) is 0 Å². The molecule has 4 rings (SSSR count). The third kappa shape index (κ3) is 9.48. The zero-order chi connectivity index (χ0) is 27.5. The van der Waals surface area contributed by atoms with Crippen LogP contribution in [0.1, 0.15) is 37.5 Å². The van der Waals surface area contributed by atoms with Gasteiger partial charge in [0.25, 0.3) is 0 Å². The molecule has 208 valence electrons. The van der Waals surface area contributed by atoms with E-state index in [1.807, 2.05) is 112 Å². The first kappa shape index (κ1) is 28.8. The molecule has 7 nitrogen and oxygen atoms in total. The Bertz CT molecular complexity index is 1120. The van der Waals surface area contributed by atoms with Gasteiger partial charge in [0.2, 0.25) is 0 Å². The van der Waals surface area contributed by atoms with Crippen molar-refractivity contribution in [2.24, 2.45) is 0 Å². The minimum atomic E-state index is -0.628. The van der Waals surface area contributed by atoms with Crippen LogP contribution in [0.25, 0.3) is 0 Å². The number of alkyl carbamates (subject to hydrolysis) is 1. The molecule has 39 heavy (non-hydrogen) atoms. The van der Waals surface area contributed by atoms with Crippen molar-refractivity contribution in [1.82, 2.24) is 5.32 Å². The second-order valence-electron chi connectivity index (χ2n) is 10.6. The molecule has 0 radical (unpaired) electrons. The molecule has 4 atom stereocenters. The second-order valence-corrected chi connectivity index (χ2v) is 10.6. The van der Waals surface area contributed by atoms with Crippen molar-refractivity contribution in [3.63, 3.8) is 0 Å². The maximum atomic E-state index is 12.7. The van der Waals surface area contributed by atoms with Crippen LogP contribution in [0.4, 0.5) is 4.79 Å². The zero-order valence-electron chi connectivity index (χ0n) is 23.0. The summed E-state index contributed by atoms with van der Waals surface area (Å²) < 4.78 is 30.8. The molecule has 1 aliphatic rings. The molecule has 3 aromatic carbocycles. The van der Waals surface area contributed by atoms with Gasteiger partial charge >= 0.3 is 6.09 Å². The van der Waals surface area contributed by atoms with Crippen LogP contribution < -0.4 is 5.32 Å². The third-order valence-electron chi connectivity index (χ3n) is 6.24. The molecular formula is C32H39NO6. The maximum Gasteiger partial charge on any atom is 0.408 e. The van der Waals surface area contributed by atoms with Crippen molar-refractivity contribution in [3.8, 4) is 0 Å². The highest BCUT2D eigenvalue weighted by Crippen LogP contribution is 2.25. The van der Waals surface area contributed by atoms with Crippen molar-refractivity contribution >= 4 is 6.09 Å². The summed E-state index contributed by atoms with van der Waals surface area (Å²) in [6, 6.07) is 29.4. The number of ether oxygens (including phenoxy) is 5. The summed E-state index contributed by atoms with van der Waals surface area (Å²) in [6.07, 6.45) is -1.92. The van der Waals surface area contributed by atoms with Gasteiger partial charge in [0.1, 0.15) is 23.9 Å². The van der Waals surface area contributed by atoms with E-state index in [4.69, 9.17) is 23.7 Å². The molecule has 3 aromatic rings. The van der Waals surface area contributed by atoms with Crippen LogP contribution in [0.3, 0.4) is 0 Å². The van der Waals surface area contributed by atoms with Crippen molar-refractivity contribution in [1.29, 1.82) is 0 Å². The smallest absolute Gasteiger partial charge is 0.408 e. The summed E-state index contributed by atoms with van der Waals surface area (Å²) in [5.41, 5.74) is 2.51. The van der Waals surface area contributed by atoms with Gasteiger partial charge in [-0.15, -0.1) is 0 Å². The van der Waals surface area contributed by atoms with Gasteiger partial charge in [-0.25, -0.2) is 4.79 Å². The normalized spacial score (nSPS) is 21.3. The third-order valence-corrected chi connectivity index (χ3v) is 6.24. The van der Waals surface area contributed by atoms with E-state index in [1.54, 1.807) is 0 Å². The quantitative estimate of drug-likeness (QED) is 0.343. The highest BCUT2D eigenvalue weighted by atomic mass is 16.6. The van der Waals surface area contributed by atoms with Gasteiger partial charge in [0.05, 0.1) is 39.1 Å². The molecule has 0 bridgehead atoms. The van der Waals surface area contributed by atoms with E-state index in [1.165, 1.54) is 0 Å². The zero-order valence-corrected chi connectivity index (χ0v) is 23.0. The Kier molecular flexibility index (Phi) is 10.5. The van der Waals surface area contributed by atoms with Crippen LogP contribution in [0.15, 0.2) is 91.0 Å². The lowest BCUT2D eigenvalue weighted by Gasteiger charge is -2.42. The monoisotopic (exact) mass is 533 g/mol. The summed E-state index contributed by atoms with van der Waals surface area (Å²) in [6.45, 7) is 7.25. The number of rotatable bonds is 11. The van der Waals surface area contributed by atoms with Crippen LogP contribution >= 0.6 is 0 Å². The molecule has 7 heteroatoms. The predicted octanol–water partition coefficient (Wildman–Crippen LogP) is 5.67. The highest BCUT2D eigenvalue weighted by Gasteiger charge is 2.43. The van der Waals surface area contributed by atoms with E-state index in [-0.39, 0.29) is 6.61 Å². The molecule has 0 spiro atoms. The fraction of sp³-hybridized carbons (Fsp3) is 0.406. The van der Waals surface area contributed by atoms with E-state index < -0.39 is 36.0 Å². The number of benzene rings is 3. The molecule has 0 aliphatic carbocycles. The Morgan fingerprint density at radius 1 is 0.769 bits per heavy atom. The number of carbonyl (C=O) groups is 1. The lowest BCUT2D eigenvalue weighted by Crippen LogP contribution is -2.62. The van der Waals surface area contributed by atoms with Crippen molar-refractivity contribution in [3.05, 3.63) is 108 Å². The standard InChI is InChI=1S/C32H39NO6/c1-32(2,3)39-31(34)33-27-22-36-28(23-35-19-24-13-7-4-8-14-24)30(38-21-26-17-11-6-12-18-26)29(27)37-20-25-15-9-5-10-16-25/h4-18,27-30H,19-23H2,1-3H3,(H,33,34)/t27-,28-,29-,30+/m1/s1. The van der Waals surface area contributed by atoms with Gasteiger partial charge in [-0.1, -0.05) is 91.0 Å². The average Bonchev–Trinajstić information content (AvgIpc) is 2.92. The summed E-state index contributed by atoms with van der Waals surface area (Å²) in [5.74, 6) is 0. The van der Waals surface area contributed by atoms with Gasteiger partial charge in [0.15, 0.2) is 0 Å². The van der Waals surface area contributed by atoms with Crippen LogP contribution in [0.5, 0.6) is 0 Å². The summed E-state index contributed by atoms with van der Waals surface area (Å²) in [5, 5.41) is 2.96. The van der Waals surface area contributed by atoms with Crippen LogP contribution in [-0.2, 0) is 43.5 Å². The van der Waals surface area contributed by atoms with E-state index in [2.05, 4.69) is 5.32 Å². The average molecular weight is 534 g/mol. The maximum absolute atomic E-state index is 12.7. The van der Waals surface area contributed by atoms with Crippen molar-refractivity contribution in [2.45, 2.75) is 70.5 Å². The molecule has 0 aromatic heterocycles. The molecule has 1 N–H and O–H groups in total. The first-order chi connectivity index (χ1) is 18.9. The molecular weight excluding hydrogens is 494 g/mol. The Morgan fingerprint density at radius 2 is 1.26 bits per heavy atom. The first-order valence-corrected chi connectivity index (χ1v) is 13.4. The summed E-state index contributed by atoms with van der Waals surface area (Å²) in [7, 11) is 0. The second kappa shape index (κ2) is 14.2. The van der Waals surface area contributed by atoms with Crippen LogP contribution in [0.2, 0.25) is 0 Å². The topological polar surface area (TPSA) is 75.3 Å². The molecule has 1 saturated heterocycles. The molecule has 1 aliphatic heterocycles. The van der Waals surface area contributed by atoms with Crippen molar-refractivity contribution < 1.29 is 28.5 Å². The fourth-order valence-electron chi connectivity index (χ4n) is 4.40. The van der Waals surface area contributed by atoms with Gasteiger partial charge in [-0.2, -0.15) is 0 Å². The number of hydrogen-bond donors (Lipinski definition) is 1. The number of carbonyl (C=O) groups excluding carboxylic acids is 1. The predicted molar refractivity (Wildman–Crippen MR) is 149 cm³/mol. The highest BCUT2D eigenvalue weighted by molar-refractivity contribution is 5.68. The van der Waals surface area contributed by atoms with E-state index in [9.17, 15) is 4.79 Å². The minimum absolute atomic E-state index is 0.239. The van der Waals surface area contributed by atoms with Crippen LogP contribution in [-0.4, -0.2) is 49.3 Å². The Morgan fingerprint density at radius 3 is 1.77 bits per heavy atom. The number of hydrogen-bond acceptors (Lipinski definition) is 6. The lowest BCUT2D eigenvalue weighted by atomic mass is 9.97. The molecule has 1 amide bonds.